The summed E-state index contributed by atoms with van der Waals surface area (Å²) < 4.78 is 11.0. The monoisotopic (exact) mass is 371 g/mol. The third-order valence-electron chi connectivity index (χ3n) is 3.81. The molecular weight excluding hydrogens is 354 g/mol. The van der Waals surface area contributed by atoms with Crippen LogP contribution in [0.4, 0.5) is 5.69 Å². The first-order valence-electron chi connectivity index (χ1n) is 8.04. The van der Waals surface area contributed by atoms with Crippen molar-refractivity contribution in [2.75, 3.05) is 11.9 Å². The lowest BCUT2D eigenvalue weighted by Crippen LogP contribution is -2.20. The van der Waals surface area contributed by atoms with Crippen LogP contribution in [0.3, 0.4) is 0 Å². The van der Waals surface area contributed by atoms with Crippen LogP contribution in [-0.2, 0) is 11.4 Å². The van der Waals surface area contributed by atoms with E-state index in [-0.39, 0.29) is 19.1 Å². The Hall–Kier alpha value is -2.76. The summed E-state index contributed by atoms with van der Waals surface area (Å²) in [6.07, 6.45) is 0. The van der Waals surface area contributed by atoms with E-state index >= 15 is 0 Å². The van der Waals surface area contributed by atoms with Gasteiger partial charge in [0, 0.05) is 11.3 Å². The lowest BCUT2D eigenvalue weighted by atomic mass is 10.1. The van der Waals surface area contributed by atoms with Gasteiger partial charge in [0.25, 0.3) is 5.91 Å². The molecule has 1 amide bonds. The van der Waals surface area contributed by atoms with E-state index in [2.05, 4.69) is 5.32 Å². The van der Waals surface area contributed by atoms with Gasteiger partial charge in [0.1, 0.15) is 23.9 Å². The van der Waals surface area contributed by atoms with Gasteiger partial charge in [-0.05, 0) is 42.8 Å². The van der Waals surface area contributed by atoms with Crippen molar-refractivity contribution in [3.8, 4) is 17.1 Å². The quantitative estimate of drug-likeness (QED) is 0.672. The van der Waals surface area contributed by atoms with E-state index in [0.717, 1.165) is 11.1 Å². The number of aliphatic hydroxyl groups is 1. The van der Waals surface area contributed by atoms with Crippen molar-refractivity contribution < 1.29 is 19.1 Å². The van der Waals surface area contributed by atoms with Crippen LogP contribution in [-0.4, -0.2) is 17.6 Å². The number of aryl methyl sites for hydroxylation is 1. The van der Waals surface area contributed by atoms with E-state index in [0.29, 0.717) is 28.0 Å². The Morgan fingerprint density at radius 2 is 2.00 bits per heavy atom. The van der Waals surface area contributed by atoms with Crippen LogP contribution in [0.25, 0.3) is 11.3 Å². The Morgan fingerprint density at radius 3 is 2.73 bits per heavy atom. The van der Waals surface area contributed by atoms with Gasteiger partial charge in [-0.25, -0.2) is 0 Å². The predicted octanol–water partition coefficient (Wildman–Crippen LogP) is 4.42. The molecule has 3 aromatic rings. The number of amides is 1. The van der Waals surface area contributed by atoms with Crippen molar-refractivity contribution in [1.29, 1.82) is 0 Å². The van der Waals surface area contributed by atoms with E-state index in [4.69, 9.17) is 25.9 Å². The van der Waals surface area contributed by atoms with E-state index in [1.165, 1.54) is 0 Å². The zero-order valence-electron chi connectivity index (χ0n) is 14.2. The summed E-state index contributed by atoms with van der Waals surface area (Å²) in [4.78, 5) is 12.2. The standard InChI is InChI=1S/C20H18ClNO4/c1-13-6-7-14(18-9-8-15(11-23)26-18)10-17(13)22-20(24)12-25-19-5-3-2-4-16(19)21/h2-10,23H,11-12H2,1H3,(H,22,24). The molecule has 0 bridgehead atoms. The van der Waals surface area contributed by atoms with Crippen LogP contribution >= 0.6 is 11.6 Å². The van der Waals surface area contributed by atoms with Crippen LogP contribution < -0.4 is 10.1 Å². The van der Waals surface area contributed by atoms with E-state index in [1.54, 1.807) is 36.4 Å². The third-order valence-corrected chi connectivity index (χ3v) is 4.12. The normalized spacial score (nSPS) is 10.6. The van der Waals surface area contributed by atoms with Gasteiger partial charge in [0.05, 0.1) is 5.02 Å². The molecule has 0 radical (unpaired) electrons. The molecule has 0 aliphatic carbocycles. The number of para-hydroxylation sites is 1. The third kappa shape index (κ3) is 4.25. The molecule has 5 nitrogen and oxygen atoms in total. The molecule has 6 heteroatoms. The van der Waals surface area contributed by atoms with Gasteiger partial charge in [0.2, 0.25) is 0 Å². The van der Waals surface area contributed by atoms with Gasteiger partial charge in [0.15, 0.2) is 6.61 Å². The maximum atomic E-state index is 12.2. The van der Waals surface area contributed by atoms with Gasteiger partial charge in [-0.1, -0.05) is 35.9 Å². The first-order chi connectivity index (χ1) is 12.6. The number of hydrogen-bond donors (Lipinski definition) is 2. The lowest BCUT2D eigenvalue weighted by Gasteiger charge is -2.11. The lowest BCUT2D eigenvalue weighted by molar-refractivity contribution is -0.118. The summed E-state index contributed by atoms with van der Waals surface area (Å²) in [5.74, 6) is 1.28. The van der Waals surface area contributed by atoms with Crippen LogP contribution in [0, 0.1) is 6.92 Å². The van der Waals surface area contributed by atoms with Gasteiger partial charge in [-0.2, -0.15) is 0 Å². The van der Waals surface area contributed by atoms with Crippen molar-refractivity contribution in [1.82, 2.24) is 0 Å². The molecule has 0 aliphatic heterocycles. The van der Waals surface area contributed by atoms with E-state index in [9.17, 15) is 4.79 Å². The number of rotatable bonds is 6. The molecule has 134 valence electrons. The molecule has 0 spiro atoms. The average Bonchev–Trinajstić information content (AvgIpc) is 3.12. The molecule has 2 aromatic carbocycles. The van der Waals surface area contributed by atoms with Gasteiger partial charge >= 0.3 is 0 Å². The molecule has 1 heterocycles. The van der Waals surface area contributed by atoms with Gasteiger partial charge in [-0.3, -0.25) is 4.79 Å². The SMILES string of the molecule is Cc1ccc(-c2ccc(CO)o2)cc1NC(=O)COc1ccccc1Cl. The van der Waals surface area contributed by atoms with Crippen molar-refractivity contribution >= 4 is 23.2 Å². The van der Waals surface area contributed by atoms with Crippen LogP contribution in [0.1, 0.15) is 11.3 Å². The second-order valence-electron chi connectivity index (χ2n) is 5.72. The zero-order valence-corrected chi connectivity index (χ0v) is 14.9. The largest absolute Gasteiger partial charge is 0.482 e. The summed E-state index contributed by atoms with van der Waals surface area (Å²) in [7, 11) is 0. The predicted molar refractivity (Wildman–Crippen MR) is 100 cm³/mol. The molecule has 0 fully saturated rings. The van der Waals surface area contributed by atoms with Crippen molar-refractivity contribution in [3.63, 3.8) is 0 Å². The molecule has 1 aromatic heterocycles. The van der Waals surface area contributed by atoms with Crippen LogP contribution in [0.15, 0.2) is 59.0 Å². The number of benzene rings is 2. The Morgan fingerprint density at radius 1 is 1.19 bits per heavy atom. The first-order valence-corrected chi connectivity index (χ1v) is 8.42. The average molecular weight is 372 g/mol. The summed E-state index contributed by atoms with van der Waals surface area (Å²) in [5, 5.41) is 12.4. The number of halogens is 1. The van der Waals surface area contributed by atoms with Crippen LogP contribution in [0.5, 0.6) is 5.75 Å². The second kappa shape index (κ2) is 8.08. The topological polar surface area (TPSA) is 71.7 Å². The first kappa shape index (κ1) is 18.0. The molecule has 2 N–H and O–H groups in total. The molecule has 0 unspecified atom stereocenters. The molecule has 0 saturated carbocycles. The highest BCUT2D eigenvalue weighted by atomic mass is 35.5. The summed E-state index contributed by atoms with van der Waals surface area (Å²) in [6, 6.07) is 16.1. The molecule has 26 heavy (non-hydrogen) atoms. The van der Waals surface area contributed by atoms with E-state index < -0.39 is 0 Å². The minimum atomic E-state index is -0.291. The van der Waals surface area contributed by atoms with Gasteiger partial charge < -0.3 is 19.6 Å². The number of nitrogens with one attached hydrogen (secondary N) is 1. The Balaban J connectivity index is 1.69. The minimum Gasteiger partial charge on any atom is -0.482 e. The number of carbonyl (C=O) groups excluding carboxylic acids is 1. The van der Waals surface area contributed by atoms with Gasteiger partial charge in [-0.15, -0.1) is 0 Å². The van der Waals surface area contributed by atoms with Crippen LogP contribution in [0.2, 0.25) is 5.02 Å². The minimum absolute atomic E-state index is 0.150. The highest BCUT2D eigenvalue weighted by Crippen LogP contribution is 2.27. The maximum Gasteiger partial charge on any atom is 0.262 e. The Kier molecular flexibility index (Phi) is 5.61. The summed E-state index contributed by atoms with van der Waals surface area (Å²) in [5.41, 5.74) is 2.38. The molecule has 0 aliphatic rings. The fourth-order valence-electron chi connectivity index (χ4n) is 2.42. The summed E-state index contributed by atoms with van der Waals surface area (Å²) in [6.45, 7) is 1.59. The molecule has 3 rings (SSSR count). The number of aliphatic hydroxyl groups excluding tert-OH is 1. The molecular formula is C20H18ClNO4. The Labute approximate surface area is 156 Å². The number of carbonyl (C=O) groups is 1. The fraction of sp³-hybridized carbons (Fsp3) is 0.150. The fourth-order valence-corrected chi connectivity index (χ4v) is 2.61. The molecule has 0 atom stereocenters. The number of anilines is 1. The maximum absolute atomic E-state index is 12.2. The smallest absolute Gasteiger partial charge is 0.262 e. The summed E-state index contributed by atoms with van der Waals surface area (Å²) >= 11 is 6.01. The number of ether oxygens (including phenoxy) is 1. The number of furan rings is 1. The van der Waals surface area contributed by atoms with Crippen molar-refractivity contribution in [2.24, 2.45) is 0 Å². The number of hydrogen-bond acceptors (Lipinski definition) is 4. The second-order valence-corrected chi connectivity index (χ2v) is 6.13. The Bertz CT molecular complexity index is 920. The zero-order chi connectivity index (χ0) is 18.5. The molecule has 0 saturated heterocycles. The highest BCUT2D eigenvalue weighted by Gasteiger charge is 2.10. The van der Waals surface area contributed by atoms with Crippen molar-refractivity contribution in [3.05, 3.63) is 70.9 Å². The van der Waals surface area contributed by atoms with E-state index in [1.807, 2.05) is 25.1 Å². The highest BCUT2D eigenvalue weighted by molar-refractivity contribution is 6.32. The van der Waals surface area contributed by atoms with Crippen molar-refractivity contribution in [2.45, 2.75) is 13.5 Å².